The highest BCUT2D eigenvalue weighted by molar-refractivity contribution is 5.80. The van der Waals surface area contributed by atoms with E-state index in [0.29, 0.717) is 12.1 Å². The zero-order valence-electron chi connectivity index (χ0n) is 12.2. The van der Waals surface area contributed by atoms with Crippen molar-refractivity contribution in [2.45, 2.75) is 13.5 Å². The van der Waals surface area contributed by atoms with Crippen LogP contribution in [-0.4, -0.2) is 21.0 Å². The van der Waals surface area contributed by atoms with Gasteiger partial charge in [-0.3, -0.25) is 19.9 Å². The fourth-order valence-electron chi connectivity index (χ4n) is 2.20. The third-order valence-corrected chi connectivity index (χ3v) is 3.38. The molecule has 0 fully saturated rings. The molecule has 0 aliphatic rings. The van der Waals surface area contributed by atoms with Gasteiger partial charge in [-0.2, -0.15) is 0 Å². The summed E-state index contributed by atoms with van der Waals surface area (Å²) in [4.78, 5) is 20.8. The number of nitrogens with one attached hydrogen (secondary N) is 1. The summed E-state index contributed by atoms with van der Waals surface area (Å²) < 4.78 is 1.53. The van der Waals surface area contributed by atoms with Crippen LogP contribution in [0.3, 0.4) is 0 Å². The molecule has 0 aliphatic heterocycles. The Hall–Kier alpha value is -2.95. The molecular formula is C17H16N4O. The molecule has 0 spiro atoms. The lowest BCUT2D eigenvalue weighted by Gasteiger charge is -1.99. The highest BCUT2D eigenvalue weighted by Gasteiger charge is 2.09. The van der Waals surface area contributed by atoms with E-state index in [1.54, 1.807) is 18.6 Å². The van der Waals surface area contributed by atoms with Crippen molar-refractivity contribution in [2.75, 3.05) is 0 Å². The Morgan fingerprint density at radius 2 is 1.91 bits per heavy atom. The van der Waals surface area contributed by atoms with Gasteiger partial charge in [-0.1, -0.05) is 18.2 Å². The van der Waals surface area contributed by atoms with Gasteiger partial charge >= 0.3 is 0 Å². The molecule has 0 aliphatic carbocycles. The van der Waals surface area contributed by atoms with E-state index in [-0.39, 0.29) is 5.56 Å². The van der Waals surface area contributed by atoms with E-state index in [1.165, 1.54) is 4.68 Å². The van der Waals surface area contributed by atoms with Crippen molar-refractivity contribution in [3.8, 4) is 5.69 Å². The predicted octanol–water partition coefficient (Wildman–Crippen LogP) is 2.49. The summed E-state index contributed by atoms with van der Waals surface area (Å²) in [6.45, 7) is 2.40. The van der Waals surface area contributed by atoms with Gasteiger partial charge in [-0.25, -0.2) is 4.68 Å². The fraction of sp³-hybridized carbons (Fsp3) is 0.118. The van der Waals surface area contributed by atoms with E-state index in [1.807, 2.05) is 49.4 Å². The monoisotopic (exact) mass is 292 g/mol. The molecule has 3 aromatic rings. The molecule has 0 amide bonds. The molecule has 0 unspecified atom stereocenters. The first kappa shape index (κ1) is 14.0. The Bertz CT molecular complexity index is 832. The molecule has 3 rings (SSSR count). The van der Waals surface area contributed by atoms with Gasteiger partial charge in [0.05, 0.1) is 17.8 Å². The van der Waals surface area contributed by atoms with E-state index in [0.717, 1.165) is 16.9 Å². The van der Waals surface area contributed by atoms with Crippen LogP contribution in [0.15, 0.2) is 64.6 Å². The van der Waals surface area contributed by atoms with Crippen LogP contribution in [0.2, 0.25) is 0 Å². The topological polar surface area (TPSA) is 63.0 Å². The van der Waals surface area contributed by atoms with E-state index in [2.05, 4.69) is 15.1 Å². The molecule has 0 atom stereocenters. The normalized spacial score (nSPS) is 11.1. The molecule has 2 heterocycles. The van der Waals surface area contributed by atoms with Crippen LogP contribution in [-0.2, 0) is 6.54 Å². The van der Waals surface area contributed by atoms with Crippen LogP contribution in [0.25, 0.3) is 5.69 Å². The van der Waals surface area contributed by atoms with Crippen molar-refractivity contribution in [3.63, 3.8) is 0 Å². The smallest absolute Gasteiger partial charge is 0.280 e. The van der Waals surface area contributed by atoms with Crippen molar-refractivity contribution >= 4 is 6.21 Å². The van der Waals surface area contributed by atoms with Crippen molar-refractivity contribution < 1.29 is 0 Å². The minimum absolute atomic E-state index is 0.0952. The Balaban J connectivity index is 1.86. The van der Waals surface area contributed by atoms with Crippen LogP contribution in [0, 0.1) is 6.92 Å². The molecule has 1 N–H and O–H groups in total. The lowest BCUT2D eigenvalue weighted by atomic mass is 10.2. The Morgan fingerprint density at radius 3 is 2.64 bits per heavy atom. The van der Waals surface area contributed by atoms with Crippen molar-refractivity contribution in [2.24, 2.45) is 4.99 Å². The average Bonchev–Trinajstić information content (AvgIpc) is 2.85. The maximum Gasteiger partial charge on any atom is 0.280 e. The molecule has 22 heavy (non-hydrogen) atoms. The van der Waals surface area contributed by atoms with Crippen LogP contribution in [0.5, 0.6) is 0 Å². The predicted molar refractivity (Wildman–Crippen MR) is 86.7 cm³/mol. The molecule has 5 heteroatoms. The second kappa shape index (κ2) is 6.22. The second-order valence-corrected chi connectivity index (χ2v) is 4.95. The number of aliphatic imine (C=N–C) groups is 1. The number of hydrogen-bond donors (Lipinski definition) is 1. The van der Waals surface area contributed by atoms with Gasteiger partial charge in [0.1, 0.15) is 0 Å². The molecule has 2 aromatic heterocycles. The molecule has 5 nitrogen and oxygen atoms in total. The molecule has 0 saturated heterocycles. The van der Waals surface area contributed by atoms with Crippen molar-refractivity contribution in [1.29, 1.82) is 0 Å². The van der Waals surface area contributed by atoms with Gasteiger partial charge in [0.2, 0.25) is 0 Å². The summed E-state index contributed by atoms with van der Waals surface area (Å²) in [6.07, 6.45) is 5.09. The Labute approximate surface area is 128 Å². The summed E-state index contributed by atoms with van der Waals surface area (Å²) in [5.41, 5.74) is 3.15. The summed E-state index contributed by atoms with van der Waals surface area (Å²) >= 11 is 0. The summed E-state index contributed by atoms with van der Waals surface area (Å²) in [5.74, 6) is 0. The van der Waals surface area contributed by atoms with E-state index < -0.39 is 0 Å². The number of benzene rings is 1. The third-order valence-electron chi connectivity index (χ3n) is 3.38. The molecule has 0 radical (unpaired) electrons. The van der Waals surface area contributed by atoms with Gasteiger partial charge in [-0.15, -0.1) is 0 Å². The number of H-pyrrole nitrogens is 1. The highest BCUT2D eigenvalue weighted by atomic mass is 16.1. The zero-order chi connectivity index (χ0) is 15.4. The lowest BCUT2D eigenvalue weighted by Crippen LogP contribution is -2.17. The first-order valence-electron chi connectivity index (χ1n) is 7.01. The largest absolute Gasteiger partial charge is 0.295 e. The van der Waals surface area contributed by atoms with Gasteiger partial charge in [0.15, 0.2) is 0 Å². The third kappa shape index (κ3) is 2.88. The summed E-state index contributed by atoms with van der Waals surface area (Å²) in [5, 5.41) is 3.08. The van der Waals surface area contributed by atoms with Crippen molar-refractivity contribution in [1.82, 2.24) is 14.8 Å². The number of aryl methyl sites for hydroxylation is 1. The van der Waals surface area contributed by atoms with Crippen LogP contribution in [0.1, 0.15) is 16.8 Å². The van der Waals surface area contributed by atoms with Crippen LogP contribution in [0.4, 0.5) is 0 Å². The standard InChI is InChI=1S/C17H16N4O/c1-13-16(12-19-11-14-7-9-18-10-8-14)17(22)21(20-13)15-5-3-2-4-6-15/h2-10,12,20H,11H2,1H3. The van der Waals surface area contributed by atoms with E-state index in [9.17, 15) is 4.79 Å². The maximum absolute atomic E-state index is 12.5. The zero-order valence-corrected chi connectivity index (χ0v) is 12.2. The summed E-state index contributed by atoms with van der Waals surface area (Å²) in [6, 6.07) is 13.3. The van der Waals surface area contributed by atoms with Gasteiger partial charge < -0.3 is 0 Å². The van der Waals surface area contributed by atoms with E-state index in [4.69, 9.17) is 0 Å². The lowest BCUT2D eigenvalue weighted by molar-refractivity contribution is 0.835. The SMILES string of the molecule is Cc1[nH]n(-c2ccccc2)c(=O)c1C=NCc1ccncc1. The van der Waals surface area contributed by atoms with Crippen LogP contribution < -0.4 is 5.56 Å². The molecule has 110 valence electrons. The molecule has 0 bridgehead atoms. The first-order valence-corrected chi connectivity index (χ1v) is 7.01. The van der Waals surface area contributed by atoms with Gasteiger partial charge in [0, 0.05) is 24.3 Å². The average molecular weight is 292 g/mol. The first-order chi connectivity index (χ1) is 10.8. The molecule has 0 saturated carbocycles. The number of hydrogen-bond acceptors (Lipinski definition) is 3. The number of nitrogens with zero attached hydrogens (tertiary/aromatic N) is 3. The maximum atomic E-state index is 12.5. The number of pyridine rings is 1. The Kier molecular flexibility index (Phi) is 3.96. The number of para-hydroxylation sites is 1. The number of rotatable bonds is 4. The minimum Gasteiger partial charge on any atom is -0.295 e. The Morgan fingerprint density at radius 1 is 1.18 bits per heavy atom. The molecular weight excluding hydrogens is 276 g/mol. The fourth-order valence-corrected chi connectivity index (χ4v) is 2.20. The number of aromatic nitrogens is 3. The minimum atomic E-state index is -0.0952. The van der Waals surface area contributed by atoms with Crippen molar-refractivity contribution in [3.05, 3.63) is 82.0 Å². The summed E-state index contributed by atoms with van der Waals surface area (Å²) in [7, 11) is 0. The number of aromatic amines is 1. The molecule has 1 aromatic carbocycles. The van der Waals surface area contributed by atoms with E-state index >= 15 is 0 Å². The van der Waals surface area contributed by atoms with Crippen LogP contribution >= 0.6 is 0 Å². The second-order valence-electron chi connectivity index (χ2n) is 4.95. The highest BCUT2D eigenvalue weighted by Crippen LogP contribution is 2.06. The van der Waals surface area contributed by atoms with Gasteiger partial charge in [0.25, 0.3) is 5.56 Å². The quantitative estimate of drug-likeness (QED) is 0.751. The van der Waals surface area contributed by atoms with Gasteiger partial charge in [-0.05, 0) is 36.8 Å².